The molecule has 1 N–H and O–H groups in total. The van der Waals surface area contributed by atoms with E-state index in [2.05, 4.69) is 4.98 Å². The molecular weight excluding hydrogens is 364 g/mol. The van der Waals surface area contributed by atoms with Crippen molar-refractivity contribution in [2.75, 3.05) is 4.90 Å². The number of aromatic nitrogens is 1. The van der Waals surface area contributed by atoms with Gasteiger partial charge in [-0.25, -0.2) is 0 Å². The topological polar surface area (TPSA) is 70.5 Å². The van der Waals surface area contributed by atoms with Crippen LogP contribution in [-0.2, 0) is 9.59 Å². The number of rotatable bonds is 3. The monoisotopic (exact) mass is 384 g/mol. The largest absolute Gasteiger partial charge is 0.507 e. The molecule has 1 aliphatic heterocycles. The smallest absolute Gasteiger partial charge is 0.300 e. The number of Topliss-reactive ketones (excluding diaryl/α,β-unsaturated/α-hetero) is 1. The van der Waals surface area contributed by atoms with E-state index in [0.717, 1.165) is 11.1 Å². The average Bonchev–Trinajstić information content (AvgIpc) is 3.01. The Bertz CT molecular complexity index is 1120. The van der Waals surface area contributed by atoms with E-state index in [1.165, 1.54) is 4.90 Å². The van der Waals surface area contributed by atoms with Crippen molar-refractivity contribution in [1.82, 2.24) is 4.98 Å². The quantitative estimate of drug-likeness (QED) is 0.415. The number of carbonyl (C=O) groups excluding carboxylic acids is 2. The Morgan fingerprint density at radius 1 is 1.00 bits per heavy atom. The minimum absolute atomic E-state index is 0.0700. The van der Waals surface area contributed by atoms with Gasteiger partial charge >= 0.3 is 0 Å². The molecule has 1 fully saturated rings. The number of aliphatic hydroxyl groups is 1. The van der Waals surface area contributed by atoms with Crippen molar-refractivity contribution in [2.24, 2.45) is 0 Å². The zero-order valence-electron chi connectivity index (χ0n) is 16.2. The van der Waals surface area contributed by atoms with Crippen LogP contribution < -0.4 is 4.90 Å². The van der Waals surface area contributed by atoms with Crippen molar-refractivity contribution in [2.45, 2.75) is 19.9 Å². The fourth-order valence-electron chi connectivity index (χ4n) is 3.68. The summed E-state index contributed by atoms with van der Waals surface area (Å²) in [6, 6.07) is 17.4. The van der Waals surface area contributed by atoms with E-state index < -0.39 is 17.7 Å². The maximum absolute atomic E-state index is 13.1. The molecule has 5 nitrogen and oxygen atoms in total. The van der Waals surface area contributed by atoms with E-state index in [9.17, 15) is 14.7 Å². The van der Waals surface area contributed by atoms with Crippen LogP contribution in [0.25, 0.3) is 5.76 Å². The second-order valence-corrected chi connectivity index (χ2v) is 7.11. The van der Waals surface area contributed by atoms with Crippen LogP contribution in [0.1, 0.15) is 28.3 Å². The van der Waals surface area contributed by atoms with Crippen molar-refractivity contribution in [3.05, 3.63) is 101 Å². The highest BCUT2D eigenvalue weighted by Gasteiger charge is 2.47. The molecule has 1 aromatic heterocycles. The fourth-order valence-corrected chi connectivity index (χ4v) is 3.68. The van der Waals surface area contributed by atoms with Crippen molar-refractivity contribution < 1.29 is 14.7 Å². The molecule has 1 amide bonds. The Kier molecular flexibility index (Phi) is 4.72. The Morgan fingerprint density at radius 3 is 2.45 bits per heavy atom. The van der Waals surface area contributed by atoms with Gasteiger partial charge in [-0.2, -0.15) is 0 Å². The highest BCUT2D eigenvalue weighted by Crippen LogP contribution is 2.42. The molecule has 144 valence electrons. The van der Waals surface area contributed by atoms with Crippen molar-refractivity contribution in [1.29, 1.82) is 0 Å². The van der Waals surface area contributed by atoms with E-state index in [1.807, 2.05) is 38.1 Å². The minimum atomic E-state index is -0.758. The zero-order chi connectivity index (χ0) is 20.5. The Morgan fingerprint density at radius 2 is 1.76 bits per heavy atom. The molecule has 5 heteroatoms. The van der Waals surface area contributed by atoms with Crippen LogP contribution in [0, 0.1) is 13.8 Å². The normalized spacial score (nSPS) is 18.3. The Hall–Kier alpha value is -3.73. The molecule has 0 bridgehead atoms. The number of nitrogens with zero attached hydrogens (tertiary/aromatic N) is 2. The van der Waals surface area contributed by atoms with Gasteiger partial charge < -0.3 is 5.11 Å². The molecule has 29 heavy (non-hydrogen) atoms. The molecule has 1 saturated heterocycles. The first-order valence-electron chi connectivity index (χ1n) is 9.32. The standard InChI is InChI=1S/C24H20N2O3/c1-15-10-11-16(2)19(13-15)22(27)20-21(17-7-6-12-25-14-17)26(24(29)23(20)28)18-8-4-3-5-9-18/h3-14,21,27H,1-2H3/b22-20+. The van der Waals surface area contributed by atoms with Gasteiger partial charge in [-0.05, 0) is 49.2 Å². The third-order valence-corrected chi connectivity index (χ3v) is 5.13. The van der Waals surface area contributed by atoms with Crippen LogP contribution in [0.2, 0.25) is 0 Å². The minimum Gasteiger partial charge on any atom is -0.507 e. The summed E-state index contributed by atoms with van der Waals surface area (Å²) < 4.78 is 0. The van der Waals surface area contributed by atoms with Crippen LogP contribution in [0.4, 0.5) is 5.69 Å². The first-order chi connectivity index (χ1) is 14.0. The van der Waals surface area contributed by atoms with E-state index >= 15 is 0 Å². The first kappa shape index (κ1) is 18.6. The number of para-hydroxylation sites is 1. The van der Waals surface area contributed by atoms with Gasteiger partial charge in [-0.3, -0.25) is 19.5 Å². The van der Waals surface area contributed by atoms with E-state index in [-0.39, 0.29) is 11.3 Å². The van der Waals surface area contributed by atoms with Crippen LogP contribution in [0.5, 0.6) is 0 Å². The number of amides is 1. The maximum Gasteiger partial charge on any atom is 0.300 e. The van der Waals surface area contributed by atoms with Gasteiger partial charge in [0.25, 0.3) is 11.7 Å². The Balaban J connectivity index is 1.98. The average molecular weight is 384 g/mol. The number of pyridine rings is 1. The summed E-state index contributed by atoms with van der Waals surface area (Å²) in [6.07, 6.45) is 3.24. The summed E-state index contributed by atoms with van der Waals surface area (Å²) in [5.74, 6) is -1.55. The number of aliphatic hydroxyl groups excluding tert-OH is 1. The van der Waals surface area contributed by atoms with Gasteiger partial charge in [0.2, 0.25) is 0 Å². The second kappa shape index (κ2) is 7.36. The molecule has 2 heterocycles. The van der Waals surface area contributed by atoms with Gasteiger partial charge in [-0.1, -0.05) is 42.0 Å². The SMILES string of the molecule is Cc1ccc(C)c(/C(O)=C2\C(=O)C(=O)N(c3ccccc3)C2c2cccnc2)c1. The molecule has 3 aromatic rings. The highest BCUT2D eigenvalue weighted by molar-refractivity contribution is 6.51. The van der Waals surface area contributed by atoms with Gasteiger partial charge in [0.15, 0.2) is 0 Å². The lowest BCUT2D eigenvalue weighted by Gasteiger charge is -2.25. The lowest BCUT2D eigenvalue weighted by atomic mass is 9.94. The molecule has 1 aliphatic rings. The fraction of sp³-hybridized carbons (Fsp3) is 0.125. The van der Waals surface area contributed by atoms with E-state index in [1.54, 1.807) is 48.8 Å². The lowest BCUT2D eigenvalue weighted by molar-refractivity contribution is -0.132. The van der Waals surface area contributed by atoms with E-state index in [4.69, 9.17) is 0 Å². The predicted octanol–water partition coefficient (Wildman–Crippen LogP) is 4.32. The molecule has 0 spiro atoms. The first-order valence-corrected chi connectivity index (χ1v) is 9.32. The van der Waals surface area contributed by atoms with Gasteiger partial charge in [-0.15, -0.1) is 0 Å². The van der Waals surface area contributed by atoms with Crippen LogP contribution in [-0.4, -0.2) is 21.8 Å². The maximum atomic E-state index is 13.1. The van der Waals surface area contributed by atoms with Gasteiger partial charge in [0.05, 0.1) is 11.6 Å². The van der Waals surface area contributed by atoms with Gasteiger partial charge in [0.1, 0.15) is 5.76 Å². The number of benzene rings is 2. The third kappa shape index (κ3) is 3.21. The number of carbonyl (C=O) groups is 2. The summed E-state index contributed by atoms with van der Waals surface area (Å²) in [7, 11) is 0. The molecule has 4 rings (SSSR count). The van der Waals surface area contributed by atoms with Crippen molar-refractivity contribution in [3.63, 3.8) is 0 Å². The molecular formula is C24H20N2O3. The van der Waals surface area contributed by atoms with Crippen LogP contribution in [0.3, 0.4) is 0 Å². The van der Waals surface area contributed by atoms with Crippen LogP contribution >= 0.6 is 0 Å². The number of aryl methyl sites for hydroxylation is 2. The predicted molar refractivity (Wildman–Crippen MR) is 111 cm³/mol. The van der Waals surface area contributed by atoms with Gasteiger partial charge in [0, 0.05) is 23.6 Å². The van der Waals surface area contributed by atoms with Crippen molar-refractivity contribution >= 4 is 23.1 Å². The summed E-state index contributed by atoms with van der Waals surface area (Å²) >= 11 is 0. The Labute approximate surface area is 169 Å². The molecule has 0 radical (unpaired) electrons. The summed E-state index contributed by atoms with van der Waals surface area (Å²) in [5.41, 5.74) is 3.63. The zero-order valence-corrected chi connectivity index (χ0v) is 16.2. The highest BCUT2D eigenvalue weighted by atomic mass is 16.3. The molecule has 0 aliphatic carbocycles. The molecule has 1 atom stereocenters. The summed E-state index contributed by atoms with van der Waals surface area (Å²) in [6.45, 7) is 3.78. The summed E-state index contributed by atoms with van der Waals surface area (Å²) in [4.78, 5) is 31.6. The number of hydrogen-bond donors (Lipinski definition) is 1. The molecule has 1 unspecified atom stereocenters. The lowest BCUT2D eigenvalue weighted by Crippen LogP contribution is -2.29. The third-order valence-electron chi connectivity index (χ3n) is 5.13. The van der Waals surface area contributed by atoms with E-state index in [0.29, 0.717) is 16.8 Å². The second-order valence-electron chi connectivity index (χ2n) is 7.11. The number of anilines is 1. The van der Waals surface area contributed by atoms with Crippen molar-refractivity contribution in [3.8, 4) is 0 Å². The molecule has 2 aromatic carbocycles. The number of ketones is 1. The summed E-state index contributed by atoms with van der Waals surface area (Å²) in [5, 5.41) is 11.2. The van der Waals surface area contributed by atoms with Crippen LogP contribution in [0.15, 0.2) is 78.6 Å². The number of hydrogen-bond acceptors (Lipinski definition) is 4. The molecule has 0 saturated carbocycles.